The first-order valence-corrected chi connectivity index (χ1v) is 34.9. The number of likely N-dealkylation sites (tertiary alicyclic amines) is 2. The SMILES string of the molecule is C#C.C1CC1.C=C(CN)NC1CCC(c2nc(N3CCCC3)nc(N[C@@H]3CCN(C(=C)N4CC[C@@H](Nc5nc(N6CC[C@@H](CC)C6)nc(C[C@@H]6CC(NC(=C)CC)[C@@H](C)C6)c5N=CC)C4)C3)c2N=CC)C1.CC.CC.CC.CC.CC.CC.CCC. The van der Waals surface area contributed by atoms with E-state index >= 15 is 0 Å². The van der Waals surface area contributed by atoms with Crippen molar-refractivity contribution in [1.82, 2.24) is 40.4 Å². The second-order valence-corrected chi connectivity index (χ2v) is 22.0. The Balaban J connectivity index is 0.00000322. The molecule has 0 aromatic carbocycles. The monoisotopic (exact) mass is 1200 g/mol. The number of aliphatic imine (C=N–C) groups is 2. The molecule has 7 fully saturated rings. The van der Waals surface area contributed by atoms with Gasteiger partial charge >= 0.3 is 0 Å². The van der Waals surface area contributed by atoms with Gasteiger partial charge in [-0.2, -0.15) is 9.97 Å². The third-order valence-electron chi connectivity index (χ3n) is 15.8. The normalized spacial score (nSPS) is 22.9. The highest BCUT2D eigenvalue weighted by Crippen LogP contribution is 2.43. The lowest BCUT2D eigenvalue weighted by atomic mass is 9.99. The molecule has 4 saturated heterocycles. The molecule has 4 aliphatic heterocycles. The lowest BCUT2D eigenvalue weighted by molar-refractivity contribution is 0.269. The van der Waals surface area contributed by atoms with Gasteiger partial charge in [0.25, 0.3) is 0 Å². The van der Waals surface area contributed by atoms with E-state index in [1.807, 2.05) is 109 Å². The summed E-state index contributed by atoms with van der Waals surface area (Å²) < 4.78 is 0. The molecule has 2 aromatic heterocycles. The first-order valence-electron chi connectivity index (χ1n) is 34.9. The average Bonchev–Trinajstić information content (AvgIpc) is 1.86. The van der Waals surface area contributed by atoms with Gasteiger partial charge in [0.1, 0.15) is 11.4 Å². The Morgan fingerprint density at radius 1 is 0.581 bits per heavy atom. The fourth-order valence-electron chi connectivity index (χ4n) is 11.5. The first-order chi connectivity index (χ1) is 42.0. The Hall–Kier alpha value is -5.36. The summed E-state index contributed by atoms with van der Waals surface area (Å²) in [5.74, 6) is 6.54. The highest BCUT2D eigenvalue weighted by Gasteiger charge is 2.37. The van der Waals surface area contributed by atoms with Crippen LogP contribution in [0.4, 0.5) is 34.9 Å². The molecule has 15 heteroatoms. The van der Waals surface area contributed by atoms with Gasteiger partial charge in [0.05, 0.1) is 17.2 Å². The van der Waals surface area contributed by atoms with Gasteiger partial charge in [0.15, 0.2) is 11.6 Å². The number of anilines is 4. The number of rotatable bonds is 20. The zero-order valence-electron chi connectivity index (χ0n) is 59.0. The Morgan fingerprint density at radius 3 is 1.59 bits per heavy atom. The molecule has 3 aliphatic carbocycles. The van der Waals surface area contributed by atoms with Crippen molar-refractivity contribution in [1.29, 1.82) is 0 Å². The first kappa shape index (κ1) is 80.6. The van der Waals surface area contributed by atoms with Crippen LogP contribution in [0.25, 0.3) is 0 Å². The summed E-state index contributed by atoms with van der Waals surface area (Å²) in [6.45, 7) is 60.2. The van der Waals surface area contributed by atoms with Crippen LogP contribution in [0.5, 0.6) is 0 Å². The molecule has 9 rings (SSSR count). The van der Waals surface area contributed by atoms with Crippen LogP contribution in [-0.2, 0) is 6.42 Å². The van der Waals surface area contributed by atoms with E-state index in [2.05, 4.69) is 101 Å². The number of terminal acetylenes is 1. The molecule has 0 bridgehead atoms. The Kier molecular flexibility index (Phi) is 44.7. The van der Waals surface area contributed by atoms with Gasteiger partial charge in [-0.3, -0.25) is 9.98 Å². The minimum Gasteiger partial charge on any atom is -0.386 e. The molecule has 7 aliphatic rings. The Morgan fingerprint density at radius 2 is 1.10 bits per heavy atom. The zero-order chi connectivity index (χ0) is 65.1. The predicted octanol–water partition coefficient (Wildman–Crippen LogP) is 16.9. The van der Waals surface area contributed by atoms with Crippen LogP contribution >= 0.6 is 0 Å². The van der Waals surface area contributed by atoms with E-state index in [0.717, 1.165) is 167 Å². The van der Waals surface area contributed by atoms with Crippen molar-refractivity contribution in [2.45, 2.75) is 271 Å². The summed E-state index contributed by atoms with van der Waals surface area (Å²) in [4.78, 5) is 40.8. The van der Waals surface area contributed by atoms with E-state index in [4.69, 9.17) is 42.2 Å². The second kappa shape index (κ2) is 47.7. The van der Waals surface area contributed by atoms with E-state index in [-0.39, 0.29) is 18.0 Å². The topological polar surface area (TPSA) is 163 Å². The van der Waals surface area contributed by atoms with Gasteiger partial charge in [-0.1, -0.05) is 170 Å². The summed E-state index contributed by atoms with van der Waals surface area (Å²) >= 11 is 0. The smallest absolute Gasteiger partial charge is 0.227 e. The molecule has 3 saturated carbocycles. The molecule has 2 aromatic rings. The summed E-state index contributed by atoms with van der Waals surface area (Å²) in [6, 6.07) is 1.19. The maximum Gasteiger partial charge on any atom is 0.227 e. The molecule has 0 radical (unpaired) electrons. The highest BCUT2D eigenvalue weighted by molar-refractivity contribution is 5.74. The minimum atomic E-state index is 0.203. The molecule has 8 atom stereocenters. The second-order valence-electron chi connectivity index (χ2n) is 22.0. The number of nitrogens with two attached hydrogens (primary N) is 1. The molecule has 3 unspecified atom stereocenters. The van der Waals surface area contributed by atoms with E-state index in [1.165, 1.54) is 57.8 Å². The Labute approximate surface area is 530 Å². The van der Waals surface area contributed by atoms with E-state index in [0.29, 0.717) is 36.4 Å². The molecule has 6 heterocycles. The summed E-state index contributed by atoms with van der Waals surface area (Å²) in [5.41, 5.74) is 11.8. The third-order valence-corrected chi connectivity index (χ3v) is 15.8. The molecular weight excluding hydrogens is 1060 g/mol. The Bertz CT molecular complexity index is 2190. The minimum absolute atomic E-state index is 0.203. The number of hydrogen-bond donors (Lipinski definition) is 5. The van der Waals surface area contributed by atoms with Crippen LogP contribution in [0.2, 0.25) is 0 Å². The number of allylic oxidation sites excluding steroid dienone is 1. The van der Waals surface area contributed by atoms with Gasteiger partial charge in [-0.25, -0.2) is 9.97 Å². The van der Waals surface area contributed by atoms with E-state index in [9.17, 15) is 0 Å². The third kappa shape index (κ3) is 26.1. The molecule has 0 spiro atoms. The van der Waals surface area contributed by atoms with Gasteiger partial charge < -0.3 is 46.6 Å². The number of hydrogen-bond acceptors (Lipinski definition) is 15. The van der Waals surface area contributed by atoms with Crippen LogP contribution in [-0.4, -0.2) is 125 Å². The largest absolute Gasteiger partial charge is 0.386 e. The van der Waals surface area contributed by atoms with Crippen molar-refractivity contribution in [3.63, 3.8) is 0 Å². The van der Waals surface area contributed by atoms with Crippen LogP contribution in [0.3, 0.4) is 0 Å². The van der Waals surface area contributed by atoms with Crippen molar-refractivity contribution < 1.29 is 0 Å². The van der Waals surface area contributed by atoms with Gasteiger partial charge in [-0.15, -0.1) is 12.8 Å². The summed E-state index contributed by atoms with van der Waals surface area (Å²) in [6.07, 6.45) is 31.4. The lowest BCUT2D eigenvalue weighted by Gasteiger charge is -2.30. The van der Waals surface area contributed by atoms with Gasteiger partial charge in [0.2, 0.25) is 11.9 Å². The highest BCUT2D eigenvalue weighted by atomic mass is 15.4. The lowest BCUT2D eigenvalue weighted by Crippen LogP contribution is -2.35. The van der Waals surface area contributed by atoms with Crippen molar-refractivity contribution in [2.75, 3.05) is 79.3 Å². The zero-order valence-corrected chi connectivity index (χ0v) is 59.0. The molecule has 0 amide bonds. The standard InChI is InChI=1S/C51H81N15.C3H6.C3H8.6C2H6.C2H2/c1-9-34(6)56-43-26-38(25-33(43)5)27-44-46(53-11-3)48(61-50(59-44)66-22-17-37(10-2)30-66)57-41-18-23-64(31-41)36(8)65-24-19-42(32-65)58-49-47(54-12-4)45(60-51(62-49)63-20-13-14-21-63)39-15-16-40(28-39)55-35(7)29-52;1-2-3-1;1-3-2;7*1-2/h11-12,33,37-43,55-56H,6-10,13-32,52H2,1-5H3,(H,57,59,61)(H,58,60,62);1-3H2;3H2,1-2H3;6*1-2H3;1-2H/t33-,37+,38-,39?,40?,41+,42+,43?;;;;;;;;;/m0........./s1. The maximum atomic E-state index is 5.89. The van der Waals surface area contributed by atoms with Crippen molar-refractivity contribution in [3.05, 3.63) is 48.3 Å². The molecule has 15 nitrogen and oxygen atoms in total. The van der Waals surface area contributed by atoms with Crippen molar-refractivity contribution in [3.8, 4) is 12.8 Å². The summed E-state index contributed by atoms with van der Waals surface area (Å²) in [5, 5.41) is 15.1. The predicted molar refractivity (Wildman–Crippen MR) is 382 cm³/mol. The molecule has 492 valence electrons. The molecule has 86 heavy (non-hydrogen) atoms. The number of nitrogens with one attached hydrogen (secondary N) is 4. The van der Waals surface area contributed by atoms with Crippen LogP contribution in [0.1, 0.15) is 252 Å². The van der Waals surface area contributed by atoms with Crippen molar-refractivity contribution >= 4 is 47.3 Å². The maximum absolute atomic E-state index is 5.89. The average molecular weight is 1200 g/mol. The van der Waals surface area contributed by atoms with Gasteiger partial charge in [-0.05, 0) is 109 Å². The quantitative estimate of drug-likeness (QED) is 0.0629. The van der Waals surface area contributed by atoms with E-state index in [1.54, 1.807) is 0 Å². The van der Waals surface area contributed by atoms with E-state index < -0.39 is 0 Å². The fraction of sp³-hybridized carbons (Fsp3) is 0.746. The van der Waals surface area contributed by atoms with Gasteiger partial charge in [0, 0.05) is 113 Å². The number of nitrogens with zero attached hydrogens (tertiary/aromatic N) is 10. The molecule has 6 N–H and O–H groups in total. The summed E-state index contributed by atoms with van der Waals surface area (Å²) in [7, 11) is 0. The number of aromatic nitrogens is 4. The van der Waals surface area contributed by atoms with Crippen LogP contribution in [0, 0.1) is 30.6 Å². The van der Waals surface area contributed by atoms with Crippen LogP contribution < -0.4 is 36.8 Å². The fourth-order valence-corrected chi connectivity index (χ4v) is 11.5. The van der Waals surface area contributed by atoms with Crippen LogP contribution in [0.15, 0.2) is 46.9 Å². The molecular formula is C71H133N15. The van der Waals surface area contributed by atoms with Crippen molar-refractivity contribution in [2.24, 2.45) is 33.5 Å².